The minimum absolute atomic E-state index is 0.0210. The molecular formula is C16H24N2O2. The highest BCUT2D eigenvalue weighted by molar-refractivity contribution is 5.94. The number of nitrogens with two attached hydrogens (primary N) is 1. The van der Waals surface area contributed by atoms with Crippen LogP contribution in [-0.4, -0.2) is 17.6 Å². The summed E-state index contributed by atoms with van der Waals surface area (Å²) in [7, 11) is 0. The van der Waals surface area contributed by atoms with Gasteiger partial charge in [-0.25, -0.2) is 0 Å². The summed E-state index contributed by atoms with van der Waals surface area (Å²) in [6.07, 6.45) is 2.57. The Morgan fingerprint density at radius 3 is 2.60 bits per heavy atom. The first-order chi connectivity index (χ1) is 9.35. The second-order valence-electron chi connectivity index (χ2n) is 6.47. The second-order valence-corrected chi connectivity index (χ2v) is 6.47. The van der Waals surface area contributed by atoms with E-state index in [4.69, 9.17) is 10.5 Å². The number of benzene rings is 1. The van der Waals surface area contributed by atoms with Crippen LogP contribution in [0.25, 0.3) is 0 Å². The van der Waals surface area contributed by atoms with Crippen LogP contribution in [0.1, 0.15) is 40.0 Å². The van der Waals surface area contributed by atoms with Crippen LogP contribution in [0.2, 0.25) is 0 Å². The number of para-hydroxylation sites is 2. The van der Waals surface area contributed by atoms with E-state index in [-0.39, 0.29) is 23.5 Å². The molecule has 1 aliphatic rings. The predicted molar refractivity (Wildman–Crippen MR) is 80.8 cm³/mol. The number of carbonyl (C=O) groups excluding carboxylic acids is 1. The van der Waals surface area contributed by atoms with Gasteiger partial charge in [0.1, 0.15) is 11.4 Å². The number of hydrogen-bond acceptors (Lipinski definition) is 3. The summed E-state index contributed by atoms with van der Waals surface area (Å²) >= 11 is 0. The van der Waals surface area contributed by atoms with Crippen molar-refractivity contribution in [2.45, 2.75) is 51.7 Å². The number of carbonyl (C=O) groups is 1. The number of nitrogens with one attached hydrogen (secondary N) is 1. The molecule has 0 bridgehead atoms. The van der Waals surface area contributed by atoms with Gasteiger partial charge in [0, 0.05) is 12.0 Å². The largest absolute Gasteiger partial charge is 0.486 e. The molecule has 3 N–H and O–H groups in total. The van der Waals surface area contributed by atoms with E-state index < -0.39 is 0 Å². The van der Waals surface area contributed by atoms with Gasteiger partial charge in [-0.1, -0.05) is 12.1 Å². The van der Waals surface area contributed by atoms with E-state index in [1.807, 2.05) is 45.0 Å². The molecule has 1 aromatic carbocycles. The van der Waals surface area contributed by atoms with E-state index in [1.54, 1.807) is 0 Å². The number of hydrogen-bond donors (Lipinski definition) is 2. The van der Waals surface area contributed by atoms with Crippen LogP contribution in [0.3, 0.4) is 0 Å². The van der Waals surface area contributed by atoms with Crippen LogP contribution >= 0.6 is 0 Å². The minimum atomic E-state index is -0.295. The molecule has 0 saturated heterocycles. The lowest BCUT2D eigenvalue weighted by Gasteiger charge is -2.23. The average molecular weight is 276 g/mol. The van der Waals surface area contributed by atoms with Gasteiger partial charge in [-0.2, -0.15) is 0 Å². The molecular weight excluding hydrogens is 252 g/mol. The third-order valence-electron chi connectivity index (χ3n) is 3.41. The monoisotopic (exact) mass is 276 g/mol. The van der Waals surface area contributed by atoms with E-state index in [2.05, 4.69) is 5.32 Å². The fourth-order valence-electron chi connectivity index (χ4n) is 2.48. The molecule has 1 fully saturated rings. The standard InChI is InChI=1S/C16H24N2O2/c1-16(2,3)20-14-7-5-4-6-13(14)18-15(19)11-8-9-12(17)10-11/h4-7,11-12H,8-10,17H2,1-3H3,(H,18,19). The van der Waals surface area contributed by atoms with E-state index in [0.717, 1.165) is 24.9 Å². The molecule has 20 heavy (non-hydrogen) atoms. The maximum atomic E-state index is 12.3. The third-order valence-corrected chi connectivity index (χ3v) is 3.41. The van der Waals surface area contributed by atoms with Crippen molar-refractivity contribution in [1.82, 2.24) is 0 Å². The van der Waals surface area contributed by atoms with Crippen molar-refractivity contribution in [3.8, 4) is 5.75 Å². The fraction of sp³-hybridized carbons (Fsp3) is 0.562. The van der Waals surface area contributed by atoms with Crippen molar-refractivity contribution in [3.05, 3.63) is 24.3 Å². The molecule has 110 valence electrons. The molecule has 1 aliphatic carbocycles. The molecule has 2 rings (SSSR count). The fourth-order valence-corrected chi connectivity index (χ4v) is 2.48. The van der Waals surface area contributed by atoms with Crippen LogP contribution in [0, 0.1) is 5.92 Å². The van der Waals surface area contributed by atoms with Crippen LogP contribution in [-0.2, 0) is 4.79 Å². The zero-order chi connectivity index (χ0) is 14.8. The maximum Gasteiger partial charge on any atom is 0.227 e. The normalized spacial score (nSPS) is 22.6. The third kappa shape index (κ3) is 3.97. The zero-order valence-electron chi connectivity index (χ0n) is 12.5. The lowest BCUT2D eigenvalue weighted by Crippen LogP contribution is -2.26. The topological polar surface area (TPSA) is 64.3 Å². The Morgan fingerprint density at radius 1 is 1.30 bits per heavy atom. The van der Waals surface area contributed by atoms with Gasteiger partial charge in [-0.05, 0) is 52.2 Å². The molecule has 1 aromatic rings. The highest BCUT2D eigenvalue weighted by atomic mass is 16.5. The minimum Gasteiger partial charge on any atom is -0.486 e. The van der Waals surface area contributed by atoms with Gasteiger partial charge in [-0.3, -0.25) is 4.79 Å². The molecule has 0 radical (unpaired) electrons. The lowest BCUT2D eigenvalue weighted by atomic mass is 10.1. The smallest absolute Gasteiger partial charge is 0.227 e. The molecule has 0 heterocycles. The molecule has 0 spiro atoms. The molecule has 4 heteroatoms. The van der Waals surface area contributed by atoms with Crippen molar-refractivity contribution in [3.63, 3.8) is 0 Å². The maximum absolute atomic E-state index is 12.3. The van der Waals surface area contributed by atoms with Gasteiger partial charge >= 0.3 is 0 Å². The van der Waals surface area contributed by atoms with Crippen molar-refractivity contribution in [2.75, 3.05) is 5.32 Å². The van der Waals surface area contributed by atoms with Gasteiger partial charge in [-0.15, -0.1) is 0 Å². The molecule has 2 unspecified atom stereocenters. The van der Waals surface area contributed by atoms with Gasteiger partial charge in [0.25, 0.3) is 0 Å². The molecule has 0 aromatic heterocycles. The summed E-state index contributed by atoms with van der Waals surface area (Å²) in [5.41, 5.74) is 6.30. The Morgan fingerprint density at radius 2 is 2.00 bits per heavy atom. The summed E-state index contributed by atoms with van der Waals surface area (Å²) < 4.78 is 5.88. The van der Waals surface area contributed by atoms with Crippen LogP contribution in [0.5, 0.6) is 5.75 Å². The first kappa shape index (κ1) is 14.9. The van der Waals surface area contributed by atoms with Crippen LogP contribution < -0.4 is 15.8 Å². The first-order valence-corrected chi connectivity index (χ1v) is 7.19. The average Bonchev–Trinajstić information content (AvgIpc) is 2.77. The van der Waals surface area contributed by atoms with Crippen LogP contribution in [0.15, 0.2) is 24.3 Å². The Kier molecular flexibility index (Phi) is 4.33. The second kappa shape index (κ2) is 5.83. The Hall–Kier alpha value is -1.55. The van der Waals surface area contributed by atoms with E-state index >= 15 is 0 Å². The lowest BCUT2D eigenvalue weighted by molar-refractivity contribution is -0.119. The van der Waals surface area contributed by atoms with Crippen molar-refractivity contribution >= 4 is 11.6 Å². The van der Waals surface area contributed by atoms with E-state index in [9.17, 15) is 4.79 Å². The summed E-state index contributed by atoms with van der Waals surface area (Å²) in [5.74, 6) is 0.770. The number of amides is 1. The molecule has 1 saturated carbocycles. The van der Waals surface area contributed by atoms with Gasteiger partial charge in [0.2, 0.25) is 5.91 Å². The Balaban J connectivity index is 2.07. The molecule has 4 nitrogen and oxygen atoms in total. The molecule has 1 amide bonds. The van der Waals surface area contributed by atoms with E-state index in [1.165, 1.54) is 0 Å². The number of rotatable bonds is 3. The Bertz CT molecular complexity index is 480. The Labute approximate surface area is 120 Å². The van der Waals surface area contributed by atoms with Gasteiger partial charge in [0.15, 0.2) is 0 Å². The summed E-state index contributed by atoms with van der Waals surface area (Å²) in [6.45, 7) is 5.96. The van der Waals surface area contributed by atoms with Crippen molar-refractivity contribution < 1.29 is 9.53 Å². The van der Waals surface area contributed by atoms with Crippen LogP contribution in [0.4, 0.5) is 5.69 Å². The van der Waals surface area contributed by atoms with Crippen molar-refractivity contribution in [1.29, 1.82) is 0 Å². The number of ether oxygens (including phenoxy) is 1. The highest BCUT2D eigenvalue weighted by Crippen LogP contribution is 2.30. The zero-order valence-corrected chi connectivity index (χ0v) is 12.5. The summed E-state index contributed by atoms with van der Waals surface area (Å²) in [6, 6.07) is 7.70. The first-order valence-electron chi connectivity index (χ1n) is 7.19. The molecule has 2 atom stereocenters. The number of anilines is 1. The summed E-state index contributed by atoms with van der Waals surface area (Å²) in [4.78, 5) is 12.3. The quantitative estimate of drug-likeness (QED) is 0.892. The molecule has 0 aliphatic heterocycles. The van der Waals surface area contributed by atoms with Gasteiger partial charge < -0.3 is 15.8 Å². The van der Waals surface area contributed by atoms with Crippen molar-refractivity contribution in [2.24, 2.45) is 11.7 Å². The predicted octanol–water partition coefficient (Wildman–Crippen LogP) is 2.93. The van der Waals surface area contributed by atoms with Gasteiger partial charge in [0.05, 0.1) is 5.69 Å². The van der Waals surface area contributed by atoms with E-state index in [0.29, 0.717) is 5.75 Å². The SMILES string of the molecule is CC(C)(C)Oc1ccccc1NC(=O)C1CCC(N)C1. The summed E-state index contributed by atoms with van der Waals surface area (Å²) in [5, 5.41) is 2.98. The highest BCUT2D eigenvalue weighted by Gasteiger charge is 2.28.